The lowest BCUT2D eigenvalue weighted by molar-refractivity contribution is 0.00578. The molecule has 0 atom stereocenters. The number of aryl methyl sites for hydroxylation is 1. The molecule has 0 amide bonds. The van der Waals surface area contributed by atoms with Crippen LogP contribution in [0.2, 0.25) is 0 Å². The van der Waals surface area contributed by atoms with Gasteiger partial charge in [-0.05, 0) is 53.0 Å². The van der Waals surface area contributed by atoms with Gasteiger partial charge in [-0.1, -0.05) is 12.5 Å². The van der Waals surface area contributed by atoms with E-state index < -0.39 is 0 Å². The Morgan fingerprint density at radius 3 is 2.20 bits per heavy atom. The molecule has 2 fully saturated rings. The average molecular weight is 273 g/mol. The third-order valence-electron chi connectivity index (χ3n) is 5.16. The molecule has 3 rings (SSSR count). The summed E-state index contributed by atoms with van der Waals surface area (Å²) in [5.41, 5.74) is 2.97. The summed E-state index contributed by atoms with van der Waals surface area (Å²) in [5.74, 6) is 0.669. The molecule has 1 saturated heterocycles. The van der Waals surface area contributed by atoms with Crippen molar-refractivity contribution in [3.05, 3.63) is 23.5 Å². The summed E-state index contributed by atoms with van der Waals surface area (Å²) in [6, 6.07) is 2.18. The standard InChI is InChI=1S/C16H24BNO2/c1-11-9-13(10-18-14(11)12-7-6-8-12)17-19-15(2,3)16(4,5)20-17/h9-10,12H,6-8H2,1-5H3. The summed E-state index contributed by atoms with van der Waals surface area (Å²) in [4.78, 5) is 4.68. The molecule has 1 aliphatic carbocycles. The third kappa shape index (κ3) is 2.19. The van der Waals surface area contributed by atoms with E-state index in [9.17, 15) is 0 Å². The van der Waals surface area contributed by atoms with E-state index in [1.54, 1.807) is 0 Å². The van der Waals surface area contributed by atoms with E-state index >= 15 is 0 Å². The molecule has 0 unspecified atom stereocenters. The number of hydrogen-bond donors (Lipinski definition) is 0. The average Bonchev–Trinajstić information content (AvgIpc) is 2.48. The molecule has 0 radical (unpaired) electrons. The predicted octanol–water partition coefficient (Wildman–Crippen LogP) is 2.96. The van der Waals surface area contributed by atoms with E-state index in [4.69, 9.17) is 9.31 Å². The zero-order valence-corrected chi connectivity index (χ0v) is 13.2. The first-order chi connectivity index (χ1) is 9.30. The number of nitrogens with zero attached hydrogens (tertiary/aromatic N) is 1. The molecule has 0 bridgehead atoms. The van der Waals surface area contributed by atoms with Gasteiger partial charge in [0.1, 0.15) is 0 Å². The van der Waals surface area contributed by atoms with Gasteiger partial charge >= 0.3 is 7.12 Å². The summed E-state index contributed by atoms with van der Waals surface area (Å²) in [7, 11) is -0.304. The van der Waals surface area contributed by atoms with Crippen LogP contribution in [0.3, 0.4) is 0 Å². The Morgan fingerprint density at radius 1 is 1.15 bits per heavy atom. The van der Waals surface area contributed by atoms with Crippen LogP contribution in [0.15, 0.2) is 12.3 Å². The van der Waals surface area contributed by atoms with Gasteiger partial charge in [0, 0.05) is 23.3 Å². The molecule has 0 aromatic carbocycles. The maximum atomic E-state index is 6.08. The van der Waals surface area contributed by atoms with Crippen molar-refractivity contribution in [2.45, 2.75) is 71.0 Å². The summed E-state index contributed by atoms with van der Waals surface area (Å²) in [6.07, 6.45) is 5.83. The first-order valence-electron chi connectivity index (χ1n) is 7.62. The van der Waals surface area contributed by atoms with Gasteiger partial charge < -0.3 is 9.31 Å². The number of rotatable bonds is 2. The van der Waals surface area contributed by atoms with E-state index in [1.807, 2.05) is 6.20 Å². The molecule has 2 heterocycles. The van der Waals surface area contributed by atoms with Crippen molar-refractivity contribution in [3.8, 4) is 0 Å². The topological polar surface area (TPSA) is 31.4 Å². The van der Waals surface area contributed by atoms with E-state index in [-0.39, 0.29) is 18.3 Å². The Morgan fingerprint density at radius 2 is 1.75 bits per heavy atom. The van der Waals surface area contributed by atoms with Gasteiger partial charge in [0.05, 0.1) is 11.2 Å². The van der Waals surface area contributed by atoms with Crippen LogP contribution in [0.25, 0.3) is 0 Å². The van der Waals surface area contributed by atoms with Gasteiger partial charge in [-0.3, -0.25) is 4.98 Å². The van der Waals surface area contributed by atoms with Crippen LogP contribution in [0.4, 0.5) is 0 Å². The van der Waals surface area contributed by atoms with Gasteiger partial charge in [0.25, 0.3) is 0 Å². The van der Waals surface area contributed by atoms with Crippen molar-refractivity contribution in [2.75, 3.05) is 0 Å². The first-order valence-corrected chi connectivity index (χ1v) is 7.62. The van der Waals surface area contributed by atoms with Gasteiger partial charge in [-0.15, -0.1) is 0 Å². The Labute approximate surface area is 122 Å². The van der Waals surface area contributed by atoms with Crippen molar-refractivity contribution in [3.63, 3.8) is 0 Å². The highest BCUT2D eigenvalue weighted by Crippen LogP contribution is 2.38. The smallest absolute Gasteiger partial charge is 0.399 e. The monoisotopic (exact) mass is 273 g/mol. The van der Waals surface area contributed by atoms with Gasteiger partial charge in [-0.25, -0.2) is 0 Å². The second kappa shape index (κ2) is 4.57. The van der Waals surface area contributed by atoms with Crippen molar-refractivity contribution >= 4 is 12.6 Å². The Hall–Kier alpha value is -0.865. The Kier molecular flexibility index (Phi) is 3.22. The Bertz CT molecular complexity index is 507. The largest absolute Gasteiger partial charge is 0.496 e. The van der Waals surface area contributed by atoms with Crippen molar-refractivity contribution in [1.29, 1.82) is 0 Å². The molecule has 1 aromatic rings. The zero-order chi connectivity index (χ0) is 14.5. The number of hydrogen-bond acceptors (Lipinski definition) is 3. The normalized spacial score (nSPS) is 24.8. The van der Waals surface area contributed by atoms with Crippen LogP contribution in [0.5, 0.6) is 0 Å². The minimum absolute atomic E-state index is 0.293. The highest BCUT2D eigenvalue weighted by Gasteiger charge is 2.51. The summed E-state index contributed by atoms with van der Waals surface area (Å²) >= 11 is 0. The van der Waals surface area contributed by atoms with Gasteiger partial charge in [0.15, 0.2) is 0 Å². The molecule has 2 aliphatic rings. The molecule has 4 heteroatoms. The fraction of sp³-hybridized carbons (Fsp3) is 0.688. The number of aromatic nitrogens is 1. The van der Waals surface area contributed by atoms with Crippen LogP contribution in [-0.2, 0) is 9.31 Å². The zero-order valence-electron chi connectivity index (χ0n) is 13.2. The quantitative estimate of drug-likeness (QED) is 0.776. The van der Waals surface area contributed by atoms with Gasteiger partial charge in [-0.2, -0.15) is 0 Å². The molecule has 1 aliphatic heterocycles. The Balaban J connectivity index is 1.83. The van der Waals surface area contributed by atoms with E-state index in [2.05, 4.69) is 45.7 Å². The van der Waals surface area contributed by atoms with E-state index in [1.165, 1.54) is 30.5 Å². The second-order valence-corrected chi connectivity index (χ2v) is 7.19. The highest BCUT2D eigenvalue weighted by atomic mass is 16.7. The van der Waals surface area contributed by atoms with Crippen LogP contribution in [0, 0.1) is 6.92 Å². The summed E-state index contributed by atoms with van der Waals surface area (Å²) < 4.78 is 12.2. The molecule has 0 spiro atoms. The minimum Gasteiger partial charge on any atom is -0.399 e. The molecule has 1 saturated carbocycles. The second-order valence-electron chi connectivity index (χ2n) is 7.19. The van der Waals surface area contributed by atoms with Crippen LogP contribution in [0.1, 0.15) is 64.1 Å². The maximum Gasteiger partial charge on any atom is 0.496 e. The van der Waals surface area contributed by atoms with Gasteiger partial charge in [0.2, 0.25) is 0 Å². The number of pyridine rings is 1. The van der Waals surface area contributed by atoms with E-state index in [0.29, 0.717) is 5.92 Å². The van der Waals surface area contributed by atoms with E-state index in [0.717, 1.165) is 5.46 Å². The lowest BCUT2D eigenvalue weighted by atomic mass is 9.77. The fourth-order valence-electron chi connectivity index (χ4n) is 2.82. The molecule has 108 valence electrons. The van der Waals surface area contributed by atoms with Crippen molar-refractivity contribution in [2.24, 2.45) is 0 Å². The highest BCUT2D eigenvalue weighted by molar-refractivity contribution is 6.62. The molecule has 20 heavy (non-hydrogen) atoms. The molecule has 1 aromatic heterocycles. The van der Waals surface area contributed by atoms with Crippen molar-refractivity contribution in [1.82, 2.24) is 4.98 Å². The minimum atomic E-state index is -0.304. The third-order valence-corrected chi connectivity index (χ3v) is 5.16. The maximum absolute atomic E-state index is 6.08. The lowest BCUT2D eigenvalue weighted by Crippen LogP contribution is -2.41. The molecular formula is C16H24BNO2. The first kappa shape index (κ1) is 14.1. The fourth-order valence-corrected chi connectivity index (χ4v) is 2.82. The van der Waals surface area contributed by atoms with Crippen LogP contribution in [-0.4, -0.2) is 23.3 Å². The van der Waals surface area contributed by atoms with Crippen molar-refractivity contribution < 1.29 is 9.31 Å². The molecule has 3 nitrogen and oxygen atoms in total. The van der Waals surface area contributed by atoms with Crippen LogP contribution < -0.4 is 5.46 Å². The molecular weight excluding hydrogens is 249 g/mol. The predicted molar refractivity (Wildman–Crippen MR) is 81.3 cm³/mol. The summed E-state index contributed by atoms with van der Waals surface area (Å²) in [5, 5.41) is 0. The SMILES string of the molecule is Cc1cc(B2OC(C)(C)C(C)(C)O2)cnc1C1CCC1. The summed E-state index contributed by atoms with van der Waals surface area (Å²) in [6.45, 7) is 10.5. The van der Waals surface area contributed by atoms with Crippen LogP contribution >= 0.6 is 0 Å². The molecule has 0 N–H and O–H groups in total. The lowest BCUT2D eigenvalue weighted by Gasteiger charge is -2.32.